The first kappa shape index (κ1) is 11.6. The normalized spacial score (nSPS) is 9.15. The fourth-order valence-corrected chi connectivity index (χ4v) is 0.733. The molecule has 3 amide bonds. The number of nitrogens with zero attached hydrogens (tertiary/aromatic N) is 1. The number of carbonyl (C=O) groups is 3. The van der Waals surface area contributed by atoms with Gasteiger partial charge in [0.05, 0.1) is 6.61 Å². The van der Waals surface area contributed by atoms with Gasteiger partial charge in [0, 0.05) is 13.8 Å². The number of ether oxygens (including phenoxy) is 1. The van der Waals surface area contributed by atoms with Crippen LogP contribution in [0.3, 0.4) is 0 Å². The van der Waals surface area contributed by atoms with Crippen LogP contribution in [0.1, 0.15) is 27.2 Å². The Hall–Kier alpha value is -1.39. The van der Waals surface area contributed by atoms with Crippen molar-refractivity contribution in [2.75, 3.05) is 6.61 Å². The van der Waals surface area contributed by atoms with Gasteiger partial charge in [-0.2, -0.15) is 4.90 Å². The molecule has 13 heavy (non-hydrogen) atoms. The maximum absolute atomic E-state index is 11.0. The van der Waals surface area contributed by atoms with Crippen molar-refractivity contribution in [3.8, 4) is 0 Å². The van der Waals surface area contributed by atoms with Crippen molar-refractivity contribution in [1.29, 1.82) is 0 Å². The van der Waals surface area contributed by atoms with E-state index in [0.717, 1.165) is 13.8 Å². The molecule has 0 bridgehead atoms. The summed E-state index contributed by atoms with van der Waals surface area (Å²) < 4.78 is 4.62. The summed E-state index contributed by atoms with van der Waals surface area (Å²) in [5.74, 6) is -1.26. The Morgan fingerprint density at radius 3 is 1.92 bits per heavy atom. The summed E-state index contributed by atoms with van der Waals surface area (Å²) in [5.41, 5.74) is 0. The van der Waals surface area contributed by atoms with Gasteiger partial charge in [-0.1, -0.05) is 6.92 Å². The van der Waals surface area contributed by atoms with Gasteiger partial charge in [-0.25, -0.2) is 4.79 Å². The molecule has 0 fully saturated rings. The summed E-state index contributed by atoms with van der Waals surface area (Å²) >= 11 is 0. The van der Waals surface area contributed by atoms with E-state index in [1.165, 1.54) is 0 Å². The molecule has 0 N–H and O–H groups in total. The molecule has 0 aliphatic carbocycles. The molecule has 0 unspecified atom stereocenters. The highest BCUT2D eigenvalue weighted by Crippen LogP contribution is 1.96. The molecule has 0 saturated heterocycles. The Kier molecular flexibility index (Phi) is 4.72. The van der Waals surface area contributed by atoms with E-state index in [-0.39, 0.29) is 6.61 Å². The van der Waals surface area contributed by atoms with E-state index in [0.29, 0.717) is 11.3 Å². The van der Waals surface area contributed by atoms with Crippen LogP contribution in [0.25, 0.3) is 0 Å². The Morgan fingerprint density at radius 2 is 1.62 bits per heavy atom. The molecule has 0 spiro atoms. The maximum atomic E-state index is 11.0. The zero-order chi connectivity index (χ0) is 10.4. The van der Waals surface area contributed by atoms with Gasteiger partial charge in [-0.3, -0.25) is 9.59 Å². The summed E-state index contributed by atoms with van der Waals surface area (Å²) in [4.78, 5) is 33.1. The summed E-state index contributed by atoms with van der Waals surface area (Å²) in [6.45, 7) is 4.29. The lowest BCUT2D eigenvalue weighted by Crippen LogP contribution is -2.39. The van der Waals surface area contributed by atoms with Gasteiger partial charge in [-0.15, -0.1) is 0 Å². The second-order valence-corrected chi connectivity index (χ2v) is 2.49. The lowest BCUT2D eigenvalue weighted by Gasteiger charge is -2.14. The average Bonchev–Trinajstić information content (AvgIpc) is 1.99. The van der Waals surface area contributed by atoms with Crippen molar-refractivity contribution in [2.45, 2.75) is 27.2 Å². The number of amides is 3. The van der Waals surface area contributed by atoms with Crippen molar-refractivity contribution in [3.05, 3.63) is 0 Å². The van der Waals surface area contributed by atoms with Crippen LogP contribution in [-0.2, 0) is 14.3 Å². The topological polar surface area (TPSA) is 63.7 Å². The van der Waals surface area contributed by atoms with Gasteiger partial charge >= 0.3 is 6.09 Å². The predicted molar refractivity (Wildman–Crippen MR) is 44.8 cm³/mol. The van der Waals surface area contributed by atoms with E-state index in [1.807, 2.05) is 6.92 Å². The third-order valence-corrected chi connectivity index (χ3v) is 1.24. The van der Waals surface area contributed by atoms with E-state index in [1.54, 1.807) is 0 Å². The molecule has 0 rings (SSSR count). The van der Waals surface area contributed by atoms with E-state index in [4.69, 9.17) is 0 Å². The number of carbonyl (C=O) groups excluding carboxylic acids is 3. The zero-order valence-electron chi connectivity index (χ0n) is 7.99. The van der Waals surface area contributed by atoms with E-state index < -0.39 is 17.9 Å². The third kappa shape index (κ3) is 3.68. The lowest BCUT2D eigenvalue weighted by molar-refractivity contribution is -0.139. The first-order valence-electron chi connectivity index (χ1n) is 3.98. The van der Waals surface area contributed by atoms with Gasteiger partial charge in [0.25, 0.3) is 0 Å². The molecular weight excluding hydrogens is 174 g/mol. The molecular formula is C8H13NO4. The largest absolute Gasteiger partial charge is 0.449 e. The van der Waals surface area contributed by atoms with Crippen LogP contribution in [-0.4, -0.2) is 29.4 Å². The molecule has 0 saturated carbocycles. The smallest absolute Gasteiger partial charge is 0.423 e. The number of rotatable bonds is 2. The average molecular weight is 187 g/mol. The lowest BCUT2D eigenvalue weighted by atomic mass is 10.5. The van der Waals surface area contributed by atoms with Crippen LogP contribution < -0.4 is 0 Å². The summed E-state index contributed by atoms with van der Waals surface area (Å²) in [5, 5.41) is 0. The van der Waals surface area contributed by atoms with Crippen LogP contribution in [0.5, 0.6) is 0 Å². The summed E-state index contributed by atoms with van der Waals surface area (Å²) in [7, 11) is 0. The Balaban J connectivity index is 4.30. The van der Waals surface area contributed by atoms with Crippen molar-refractivity contribution >= 4 is 17.9 Å². The number of hydrogen-bond acceptors (Lipinski definition) is 4. The second-order valence-electron chi connectivity index (χ2n) is 2.49. The molecule has 0 radical (unpaired) electrons. The minimum atomic E-state index is -0.901. The Morgan fingerprint density at radius 1 is 1.15 bits per heavy atom. The summed E-state index contributed by atoms with van der Waals surface area (Å²) in [6, 6.07) is 0. The standard InChI is InChI=1S/C8H13NO4/c1-4-5-13-8(12)9(6(2)10)7(3)11/h4-5H2,1-3H3. The highest BCUT2D eigenvalue weighted by Gasteiger charge is 2.23. The molecule has 74 valence electrons. The Bertz CT molecular complexity index is 210. The van der Waals surface area contributed by atoms with Gasteiger partial charge in [0.1, 0.15) is 0 Å². The minimum Gasteiger partial charge on any atom is -0.449 e. The monoisotopic (exact) mass is 187 g/mol. The molecule has 0 aromatic carbocycles. The van der Waals surface area contributed by atoms with Gasteiger partial charge in [-0.05, 0) is 6.42 Å². The molecule has 0 atom stereocenters. The van der Waals surface area contributed by atoms with E-state index >= 15 is 0 Å². The van der Waals surface area contributed by atoms with Crippen LogP contribution in [0.4, 0.5) is 4.79 Å². The molecule has 0 aromatic rings. The second kappa shape index (κ2) is 5.29. The predicted octanol–water partition coefficient (Wildman–Crippen LogP) is 0.928. The molecule has 0 aliphatic heterocycles. The van der Waals surface area contributed by atoms with Gasteiger partial charge in [0.15, 0.2) is 0 Å². The van der Waals surface area contributed by atoms with Crippen molar-refractivity contribution in [3.63, 3.8) is 0 Å². The highest BCUT2D eigenvalue weighted by molar-refractivity contribution is 6.07. The van der Waals surface area contributed by atoms with Gasteiger partial charge < -0.3 is 4.74 Å². The number of imide groups is 3. The Labute approximate surface area is 76.7 Å². The molecule has 5 nitrogen and oxygen atoms in total. The first-order valence-corrected chi connectivity index (χ1v) is 3.98. The van der Waals surface area contributed by atoms with E-state index in [9.17, 15) is 14.4 Å². The summed E-state index contributed by atoms with van der Waals surface area (Å²) in [6.07, 6.45) is -0.253. The van der Waals surface area contributed by atoms with Crippen LogP contribution in [0.2, 0.25) is 0 Å². The molecule has 0 heterocycles. The molecule has 0 aliphatic rings. The third-order valence-electron chi connectivity index (χ3n) is 1.24. The highest BCUT2D eigenvalue weighted by atomic mass is 16.6. The van der Waals surface area contributed by atoms with Crippen LogP contribution in [0, 0.1) is 0 Å². The van der Waals surface area contributed by atoms with Crippen LogP contribution >= 0.6 is 0 Å². The zero-order valence-corrected chi connectivity index (χ0v) is 7.99. The van der Waals surface area contributed by atoms with Crippen molar-refractivity contribution < 1.29 is 19.1 Å². The first-order chi connectivity index (χ1) is 6.00. The SMILES string of the molecule is CCCOC(=O)N(C(C)=O)C(C)=O. The van der Waals surface area contributed by atoms with Crippen LogP contribution in [0.15, 0.2) is 0 Å². The molecule has 0 aromatic heterocycles. The molecule has 5 heteroatoms. The number of hydrogen-bond donors (Lipinski definition) is 0. The fraction of sp³-hybridized carbons (Fsp3) is 0.625. The minimum absolute atomic E-state index is 0.204. The maximum Gasteiger partial charge on any atom is 0.423 e. The quantitative estimate of drug-likeness (QED) is 0.645. The van der Waals surface area contributed by atoms with Crippen molar-refractivity contribution in [2.24, 2.45) is 0 Å². The fourth-order valence-electron chi connectivity index (χ4n) is 0.733. The van der Waals surface area contributed by atoms with E-state index in [2.05, 4.69) is 4.74 Å². The van der Waals surface area contributed by atoms with Gasteiger partial charge in [0.2, 0.25) is 11.8 Å². The van der Waals surface area contributed by atoms with Crippen molar-refractivity contribution in [1.82, 2.24) is 4.90 Å².